The van der Waals surface area contributed by atoms with Gasteiger partial charge in [-0.2, -0.15) is 0 Å². The summed E-state index contributed by atoms with van der Waals surface area (Å²) >= 11 is 0. The van der Waals surface area contributed by atoms with Crippen molar-refractivity contribution in [1.29, 1.82) is 0 Å². The second kappa shape index (κ2) is 7.04. The van der Waals surface area contributed by atoms with E-state index in [-0.39, 0.29) is 11.7 Å². The van der Waals surface area contributed by atoms with Gasteiger partial charge in [0.05, 0.1) is 5.69 Å². The van der Waals surface area contributed by atoms with Crippen LogP contribution in [0, 0.1) is 12.7 Å². The number of aryl methyl sites for hydroxylation is 1. The number of benzene rings is 1. The fourth-order valence-corrected chi connectivity index (χ4v) is 2.28. The van der Waals surface area contributed by atoms with E-state index in [2.05, 4.69) is 15.3 Å². The highest BCUT2D eigenvalue weighted by Gasteiger charge is 2.12. The topological polar surface area (TPSA) is 68.0 Å². The molecule has 0 atom stereocenters. The second-order valence-electron chi connectivity index (χ2n) is 5.27. The number of nitrogens with zero attached hydrogens (tertiary/aromatic N) is 2. The summed E-state index contributed by atoms with van der Waals surface area (Å²) in [6.45, 7) is 2.26. The quantitative estimate of drug-likeness (QED) is 0.782. The third-order valence-corrected chi connectivity index (χ3v) is 3.57. The first kappa shape index (κ1) is 15.9. The predicted molar refractivity (Wildman–Crippen MR) is 86.9 cm³/mol. The lowest BCUT2D eigenvalue weighted by molar-refractivity contribution is 0.0954. The summed E-state index contributed by atoms with van der Waals surface area (Å²) in [5.74, 6) is 0.675. The lowest BCUT2D eigenvalue weighted by Gasteiger charge is -2.03. The van der Waals surface area contributed by atoms with Crippen LogP contribution in [-0.4, -0.2) is 22.4 Å². The Balaban J connectivity index is 1.62. The van der Waals surface area contributed by atoms with Crippen molar-refractivity contribution in [2.24, 2.45) is 0 Å². The molecular formula is C18H16FN3O2. The van der Waals surface area contributed by atoms with Gasteiger partial charge in [-0.05, 0) is 43.3 Å². The Hall–Kier alpha value is -3.02. The molecule has 0 fully saturated rings. The van der Waals surface area contributed by atoms with Gasteiger partial charge in [0.25, 0.3) is 5.91 Å². The zero-order chi connectivity index (χ0) is 16.9. The van der Waals surface area contributed by atoms with E-state index in [0.29, 0.717) is 35.7 Å². The Morgan fingerprint density at radius 3 is 2.58 bits per heavy atom. The van der Waals surface area contributed by atoms with Crippen LogP contribution in [0.4, 0.5) is 4.39 Å². The average molecular weight is 325 g/mol. The lowest BCUT2D eigenvalue weighted by Crippen LogP contribution is -2.25. The molecule has 0 radical (unpaired) electrons. The molecule has 2 aromatic heterocycles. The molecule has 3 aromatic rings. The minimum Gasteiger partial charge on any atom is -0.441 e. The molecule has 3 rings (SSSR count). The Morgan fingerprint density at radius 2 is 1.88 bits per heavy atom. The molecular weight excluding hydrogens is 309 g/mol. The summed E-state index contributed by atoms with van der Waals surface area (Å²) in [7, 11) is 0. The van der Waals surface area contributed by atoms with Gasteiger partial charge in [0, 0.05) is 36.5 Å². The summed E-state index contributed by atoms with van der Waals surface area (Å²) in [6, 6.07) is 9.28. The SMILES string of the molecule is Cc1oc(-c2ccc(F)cc2)nc1CCNC(=O)c1ccncc1. The first-order valence-electron chi connectivity index (χ1n) is 7.54. The lowest BCUT2D eigenvalue weighted by atomic mass is 10.2. The van der Waals surface area contributed by atoms with Crippen LogP contribution in [0.5, 0.6) is 0 Å². The van der Waals surface area contributed by atoms with Crippen LogP contribution in [-0.2, 0) is 6.42 Å². The number of carbonyl (C=O) groups excluding carboxylic acids is 1. The minimum absolute atomic E-state index is 0.155. The monoisotopic (exact) mass is 325 g/mol. The summed E-state index contributed by atoms with van der Waals surface area (Å²) in [4.78, 5) is 20.3. The van der Waals surface area contributed by atoms with E-state index in [1.807, 2.05) is 6.92 Å². The fourth-order valence-electron chi connectivity index (χ4n) is 2.28. The van der Waals surface area contributed by atoms with Crippen LogP contribution >= 0.6 is 0 Å². The number of nitrogens with one attached hydrogen (secondary N) is 1. The Labute approximate surface area is 138 Å². The Kier molecular flexibility index (Phi) is 4.65. The average Bonchev–Trinajstić information content (AvgIpc) is 2.97. The van der Waals surface area contributed by atoms with Crippen molar-refractivity contribution in [3.05, 3.63) is 71.6 Å². The smallest absolute Gasteiger partial charge is 0.251 e. The van der Waals surface area contributed by atoms with E-state index in [1.54, 1.807) is 36.7 Å². The molecule has 6 heteroatoms. The summed E-state index contributed by atoms with van der Waals surface area (Å²) in [6.07, 6.45) is 3.70. The molecule has 0 aliphatic carbocycles. The summed E-state index contributed by atoms with van der Waals surface area (Å²) < 4.78 is 18.6. The molecule has 0 aliphatic rings. The van der Waals surface area contributed by atoms with Crippen molar-refractivity contribution in [3.63, 3.8) is 0 Å². The van der Waals surface area contributed by atoms with Gasteiger partial charge >= 0.3 is 0 Å². The largest absolute Gasteiger partial charge is 0.441 e. The van der Waals surface area contributed by atoms with E-state index in [9.17, 15) is 9.18 Å². The fraction of sp³-hybridized carbons (Fsp3) is 0.167. The summed E-state index contributed by atoms with van der Waals surface area (Å²) in [5.41, 5.74) is 2.05. The predicted octanol–water partition coefficient (Wildman–Crippen LogP) is 3.16. The maximum atomic E-state index is 13.0. The number of pyridine rings is 1. The van der Waals surface area contributed by atoms with Gasteiger partial charge in [-0.1, -0.05) is 0 Å². The van der Waals surface area contributed by atoms with Gasteiger partial charge in [0.15, 0.2) is 0 Å². The number of carbonyl (C=O) groups is 1. The first-order valence-corrected chi connectivity index (χ1v) is 7.54. The molecule has 2 heterocycles. The molecule has 0 unspecified atom stereocenters. The van der Waals surface area contributed by atoms with Crippen LogP contribution < -0.4 is 5.32 Å². The Bertz CT molecular complexity index is 829. The van der Waals surface area contributed by atoms with E-state index in [1.165, 1.54) is 12.1 Å². The van der Waals surface area contributed by atoms with Crippen LogP contribution in [0.1, 0.15) is 21.8 Å². The molecule has 1 N–H and O–H groups in total. The number of halogens is 1. The van der Waals surface area contributed by atoms with Crippen LogP contribution in [0.2, 0.25) is 0 Å². The van der Waals surface area contributed by atoms with Crippen molar-refractivity contribution in [2.45, 2.75) is 13.3 Å². The van der Waals surface area contributed by atoms with Gasteiger partial charge in [0.1, 0.15) is 11.6 Å². The van der Waals surface area contributed by atoms with Crippen molar-refractivity contribution >= 4 is 5.91 Å². The van der Waals surface area contributed by atoms with E-state index >= 15 is 0 Å². The third kappa shape index (κ3) is 3.65. The number of hydrogen-bond donors (Lipinski definition) is 1. The number of hydrogen-bond acceptors (Lipinski definition) is 4. The van der Waals surface area contributed by atoms with Gasteiger partial charge in [-0.25, -0.2) is 9.37 Å². The molecule has 0 saturated carbocycles. The number of rotatable bonds is 5. The van der Waals surface area contributed by atoms with E-state index < -0.39 is 0 Å². The van der Waals surface area contributed by atoms with Crippen molar-refractivity contribution in [1.82, 2.24) is 15.3 Å². The highest BCUT2D eigenvalue weighted by molar-refractivity contribution is 5.93. The maximum Gasteiger partial charge on any atom is 0.251 e. The Morgan fingerprint density at radius 1 is 1.17 bits per heavy atom. The maximum absolute atomic E-state index is 13.0. The van der Waals surface area contributed by atoms with Crippen molar-refractivity contribution < 1.29 is 13.6 Å². The molecule has 0 aliphatic heterocycles. The van der Waals surface area contributed by atoms with Crippen LogP contribution in [0.15, 0.2) is 53.2 Å². The highest BCUT2D eigenvalue weighted by atomic mass is 19.1. The summed E-state index contributed by atoms with van der Waals surface area (Å²) in [5, 5.41) is 2.83. The normalized spacial score (nSPS) is 10.6. The molecule has 122 valence electrons. The van der Waals surface area contributed by atoms with Gasteiger partial charge in [0.2, 0.25) is 5.89 Å². The minimum atomic E-state index is -0.305. The first-order chi connectivity index (χ1) is 11.6. The van der Waals surface area contributed by atoms with Gasteiger partial charge < -0.3 is 9.73 Å². The molecule has 1 aromatic carbocycles. The van der Waals surface area contributed by atoms with Gasteiger partial charge in [-0.3, -0.25) is 9.78 Å². The highest BCUT2D eigenvalue weighted by Crippen LogP contribution is 2.22. The number of aromatic nitrogens is 2. The third-order valence-electron chi connectivity index (χ3n) is 3.57. The van der Waals surface area contributed by atoms with E-state index in [4.69, 9.17) is 4.42 Å². The molecule has 1 amide bonds. The molecule has 5 nitrogen and oxygen atoms in total. The number of oxazole rings is 1. The molecule has 0 saturated heterocycles. The van der Waals surface area contributed by atoms with Crippen LogP contribution in [0.25, 0.3) is 11.5 Å². The molecule has 0 spiro atoms. The standard InChI is InChI=1S/C18H16FN3O2/c1-12-16(8-11-21-17(23)13-6-9-20-10-7-13)22-18(24-12)14-2-4-15(19)5-3-14/h2-7,9-10H,8,11H2,1H3,(H,21,23). The van der Waals surface area contributed by atoms with Crippen LogP contribution in [0.3, 0.4) is 0 Å². The van der Waals surface area contributed by atoms with Gasteiger partial charge in [-0.15, -0.1) is 0 Å². The number of amides is 1. The van der Waals surface area contributed by atoms with Crippen molar-refractivity contribution in [2.75, 3.05) is 6.54 Å². The molecule has 24 heavy (non-hydrogen) atoms. The molecule has 0 bridgehead atoms. The zero-order valence-electron chi connectivity index (χ0n) is 13.1. The van der Waals surface area contributed by atoms with E-state index in [0.717, 1.165) is 5.69 Å². The second-order valence-corrected chi connectivity index (χ2v) is 5.27. The van der Waals surface area contributed by atoms with Crippen molar-refractivity contribution in [3.8, 4) is 11.5 Å². The zero-order valence-corrected chi connectivity index (χ0v) is 13.1.